The summed E-state index contributed by atoms with van der Waals surface area (Å²) in [5.41, 5.74) is 1.01. The lowest BCUT2D eigenvalue weighted by atomic mass is 10.1. The lowest BCUT2D eigenvalue weighted by Gasteiger charge is -2.10. The maximum Gasteiger partial charge on any atom is 0.261 e. The summed E-state index contributed by atoms with van der Waals surface area (Å²) in [6.07, 6.45) is 0. The molecule has 6 nitrogen and oxygen atoms in total. The molecule has 0 unspecified atom stereocenters. The second-order valence-corrected chi connectivity index (χ2v) is 6.50. The smallest absolute Gasteiger partial charge is 0.261 e. The Labute approximate surface area is 154 Å². The van der Waals surface area contributed by atoms with Crippen LogP contribution < -0.4 is 15.0 Å². The van der Waals surface area contributed by atoms with Crippen LogP contribution in [0.5, 0.6) is 11.5 Å². The van der Waals surface area contributed by atoms with Gasteiger partial charge in [-0.15, -0.1) is 0 Å². The van der Waals surface area contributed by atoms with E-state index >= 15 is 0 Å². The van der Waals surface area contributed by atoms with Crippen LogP contribution in [0.3, 0.4) is 0 Å². The first-order valence-electron chi connectivity index (χ1n) is 7.89. The summed E-state index contributed by atoms with van der Waals surface area (Å²) in [5.74, 6) is 1.14. The number of rotatable bonds is 6. The molecule has 7 heteroatoms. The Hall–Kier alpha value is -2.80. The molecule has 0 fully saturated rings. The third kappa shape index (κ3) is 3.43. The number of nitrogens with zero attached hydrogens (tertiary/aromatic N) is 2. The lowest BCUT2D eigenvalue weighted by molar-refractivity contribution is 0.102. The number of carbonyl (C=O) groups is 1. The maximum absolute atomic E-state index is 12.5. The zero-order chi connectivity index (χ0) is 18.7. The lowest BCUT2D eigenvalue weighted by Crippen LogP contribution is -2.20. The number of hydrogen-bond acceptors (Lipinski definition) is 6. The number of carbonyl (C=O) groups excluding carboxylic acids is 1. The van der Waals surface area contributed by atoms with Crippen LogP contribution in [0, 0.1) is 0 Å². The van der Waals surface area contributed by atoms with Gasteiger partial charge in [-0.1, -0.05) is 23.9 Å². The molecule has 0 N–H and O–H groups in total. The third-order valence-electron chi connectivity index (χ3n) is 3.98. The van der Waals surface area contributed by atoms with E-state index in [9.17, 15) is 9.59 Å². The summed E-state index contributed by atoms with van der Waals surface area (Å²) < 4.78 is 11.9. The van der Waals surface area contributed by atoms with Crippen molar-refractivity contribution in [1.29, 1.82) is 0 Å². The summed E-state index contributed by atoms with van der Waals surface area (Å²) in [7, 11) is 4.72. The number of ether oxygens (including phenoxy) is 2. The number of fused-ring (bicyclic) bond motifs is 1. The average Bonchev–Trinajstić information content (AvgIpc) is 2.68. The molecule has 0 aliphatic carbocycles. The van der Waals surface area contributed by atoms with Crippen molar-refractivity contribution in [1.82, 2.24) is 9.55 Å². The molecule has 0 saturated heterocycles. The first kappa shape index (κ1) is 18.0. The van der Waals surface area contributed by atoms with E-state index < -0.39 is 0 Å². The number of aromatic nitrogens is 2. The highest BCUT2D eigenvalue weighted by Crippen LogP contribution is 2.28. The van der Waals surface area contributed by atoms with E-state index in [0.717, 1.165) is 0 Å². The minimum Gasteiger partial charge on any atom is -0.493 e. The third-order valence-corrected chi connectivity index (χ3v) is 5.01. The molecular weight excluding hydrogens is 352 g/mol. The summed E-state index contributed by atoms with van der Waals surface area (Å²) >= 11 is 1.23. The number of ketones is 1. The van der Waals surface area contributed by atoms with Crippen molar-refractivity contribution in [2.24, 2.45) is 7.05 Å². The van der Waals surface area contributed by atoms with E-state index in [1.54, 1.807) is 50.6 Å². The van der Waals surface area contributed by atoms with Gasteiger partial charge in [-0.2, -0.15) is 0 Å². The fourth-order valence-corrected chi connectivity index (χ4v) is 3.42. The predicted molar refractivity (Wildman–Crippen MR) is 102 cm³/mol. The number of methoxy groups -OCH3 is 2. The Kier molecular flexibility index (Phi) is 5.27. The van der Waals surface area contributed by atoms with E-state index in [-0.39, 0.29) is 17.1 Å². The molecule has 2 aromatic carbocycles. The van der Waals surface area contributed by atoms with Crippen molar-refractivity contribution in [2.45, 2.75) is 5.16 Å². The number of para-hydroxylation sites is 1. The number of hydrogen-bond donors (Lipinski definition) is 0. The summed E-state index contributed by atoms with van der Waals surface area (Å²) in [6, 6.07) is 12.2. The molecule has 1 heterocycles. The Bertz CT molecular complexity index is 1030. The molecular formula is C19H18N2O4S. The highest BCUT2D eigenvalue weighted by Gasteiger charge is 2.14. The van der Waals surface area contributed by atoms with Gasteiger partial charge >= 0.3 is 0 Å². The van der Waals surface area contributed by atoms with Crippen LogP contribution in [-0.2, 0) is 7.05 Å². The van der Waals surface area contributed by atoms with Crippen molar-refractivity contribution in [2.75, 3.05) is 20.0 Å². The Morgan fingerprint density at radius 1 is 1.12 bits per heavy atom. The molecule has 26 heavy (non-hydrogen) atoms. The van der Waals surface area contributed by atoms with Crippen molar-refractivity contribution in [3.05, 3.63) is 58.4 Å². The van der Waals surface area contributed by atoms with Gasteiger partial charge in [0.1, 0.15) is 0 Å². The molecule has 0 aliphatic heterocycles. The Morgan fingerprint density at radius 3 is 2.58 bits per heavy atom. The molecule has 1 aromatic heterocycles. The number of Topliss-reactive ketones (excluding diaryl/α,β-unsaturated/α-hetero) is 1. The van der Waals surface area contributed by atoms with Crippen LogP contribution in [0.4, 0.5) is 0 Å². The molecule has 0 spiro atoms. The van der Waals surface area contributed by atoms with Crippen LogP contribution >= 0.6 is 11.8 Å². The van der Waals surface area contributed by atoms with E-state index in [2.05, 4.69) is 4.98 Å². The zero-order valence-corrected chi connectivity index (χ0v) is 15.5. The quantitative estimate of drug-likeness (QED) is 0.377. The van der Waals surface area contributed by atoms with Gasteiger partial charge < -0.3 is 9.47 Å². The minimum absolute atomic E-state index is 0.0849. The molecule has 0 atom stereocenters. The topological polar surface area (TPSA) is 70.4 Å². The van der Waals surface area contributed by atoms with Crippen LogP contribution in [0.1, 0.15) is 10.4 Å². The van der Waals surface area contributed by atoms with Crippen molar-refractivity contribution < 1.29 is 14.3 Å². The van der Waals surface area contributed by atoms with Gasteiger partial charge in [0, 0.05) is 12.6 Å². The first-order chi connectivity index (χ1) is 12.5. The fraction of sp³-hybridized carbons (Fsp3) is 0.211. The fourth-order valence-electron chi connectivity index (χ4n) is 2.55. The summed E-state index contributed by atoms with van der Waals surface area (Å²) in [5, 5.41) is 1.06. The van der Waals surface area contributed by atoms with E-state index in [1.165, 1.54) is 23.4 Å². The largest absolute Gasteiger partial charge is 0.493 e. The monoisotopic (exact) mass is 370 g/mol. The first-order valence-corrected chi connectivity index (χ1v) is 8.87. The second kappa shape index (κ2) is 7.61. The molecule has 3 rings (SSSR count). The van der Waals surface area contributed by atoms with Gasteiger partial charge in [-0.25, -0.2) is 4.98 Å². The molecule has 0 aliphatic rings. The maximum atomic E-state index is 12.5. The number of benzene rings is 2. The second-order valence-electron chi connectivity index (χ2n) is 5.56. The molecule has 3 aromatic rings. The van der Waals surface area contributed by atoms with Crippen molar-refractivity contribution in [3.63, 3.8) is 0 Å². The van der Waals surface area contributed by atoms with Gasteiger partial charge in [0.25, 0.3) is 5.56 Å². The van der Waals surface area contributed by atoms with Crippen molar-refractivity contribution >= 4 is 28.4 Å². The number of thioether (sulfide) groups is 1. The molecule has 0 bridgehead atoms. The van der Waals surface area contributed by atoms with Gasteiger partial charge in [0.05, 0.1) is 30.9 Å². The predicted octanol–water partition coefficient (Wildman–Crippen LogP) is 2.93. The van der Waals surface area contributed by atoms with Gasteiger partial charge in [-0.05, 0) is 30.3 Å². The van der Waals surface area contributed by atoms with Crippen LogP contribution in [0.2, 0.25) is 0 Å². The highest BCUT2D eigenvalue weighted by molar-refractivity contribution is 7.99. The van der Waals surface area contributed by atoms with Crippen molar-refractivity contribution in [3.8, 4) is 11.5 Å². The Balaban J connectivity index is 1.83. The average molecular weight is 370 g/mol. The van der Waals surface area contributed by atoms with Gasteiger partial charge in [0.15, 0.2) is 22.4 Å². The van der Waals surface area contributed by atoms with Gasteiger partial charge in [0.2, 0.25) is 0 Å². The van der Waals surface area contributed by atoms with Crippen LogP contribution in [-0.4, -0.2) is 35.3 Å². The zero-order valence-electron chi connectivity index (χ0n) is 14.7. The summed E-state index contributed by atoms with van der Waals surface area (Å²) in [6.45, 7) is 0. The molecule has 134 valence electrons. The van der Waals surface area contributed by atoms with Crippen LogP contribution in [0.25, 0.3) is 10.9 Å². The summed E-state index contributed by atoms with van der Waals surface area (Å²) in [4.78, 5) is 29.4. The molecule has 0 amide bonds. The SMILES string of the molecule is COc1ccc(C(=O)CSc2nc3ccccc3c(=O)n2C)cc1OC. The standard InChI is InChI=1S/C19H18N2O4S/c1-21-18(23)13-6-4-5-7-14(13)20-19(21)26-11-15(22)12-8-9-16(24-2)17(10-12)25-3/h4-10H,11H2,1-3H3. The van der Waals surface area contributed by atoms with E-state index in [0.29, 0.717) is 33.1 Å². The molecule has 0 saturated carbocycles. The Morgan fingerprint density at radius 2 is 1.85 bits per heavy atom. The highest BCUT2D eigenvalue weighted by atomic mass is 32.2. The minimum atomic E-state index is -0.128. The molecule has 0 radical (unpaired) electrons. The van der Waals surface area contributed by atoms with E-state index in [4.69, 9.17) is 9.47 Å². The van der Waals surface area contributed by atoms with E-state index in [1.807, 2.05) is 6.07 Å². The normalized spacial score (nSPS) is 10.7. The van der Waals surface area contributed by atoms with Crippen LogP contribution in [0.15, 0.2) is 52.4 Å². The van der Waals surface area contributed by atoms with Gasteiger partial charge in [-0.3, -0.25) is 14.2 Å².